The highest BCUT2D eigenvalue weighted by Gasteiger charge is 2.22. The number of hydrogen-bond donors (Lipinski definition) is 0. The van der Waals surface area contributed by atoms with Crippen molar-refractivity contribution in [1.82, 2.24) is 24.1 Å². The number of rotatable bonds is 5. The van der Waals surface area contributed by atoms with Crippen molar-refractivity contribution in [1.29, 1.82) is 0 Å². The molecule has 0 bridgehead atoms. The molecule has 0 atom stereocenters. The zero-order chi connectivity index (χ0) is 30.3. The summed E-state index contributed by atoms with van der Waals surface area (Å²) in [6.45, 7) is 2.09. The summed E-state index contributed by atoms with van der Waals surface area (Å²) in [7, 11) is 0. The third kappa shape index (κ3) is 4.31. The molecule has 0 aliphatic carbocycles. The molecule has 0 radical (unpaired) electrons. The van der Waals surface area contributed by atoms with Gasteiger partial charge in [-0.3, -0.25) is 9.13 Å². The lowest BCUT2D eigenvalue weighted by atomic mass is 9.98. The number of terminal acetylenes is 1. The summed E-state index contributed by atoms with van der Waals surface area (Å²) in [5.41, 5.74) is 8.23. The molecule has 0 saturated heterocycles. The number of allylic oxidation sites excluding steroid dienone is 1. The number of aromatic nitrogens is 5. The van der Waals surface area contributed by atoms with Gasteiger partial charge >= 0.3 is 0 Å². The molecule has 5 nitrogen and oxygen atoms in total. The van der Waals surface area contributed by atoms with Crippen LogP contribution < -0.4 is 0 Å². The molecule has 5 heteroatoms. The third-order valence-corrected chi connectivity index (χ3v) is 8.33. The summed E-state index contributed by atoms with van der Waals surface area (Å²) in [5, 5.41) is 3.38. The van der Waals surface area contributed by atoms with Gasteiger partial charge in [0.05, 0.1) is 16.6 Å². The van der Waals surface area contributed by atoms with Crippen LogP contribution in [0.15, 0.2) is 133 Å². The van der Waals surface area contributed by atoms with E-state index in [0.29, 0.717) is 17.7 Å². The minimum atomic E-state index is 0.536. The normalized spacial score (nSPS) is 11.6. The van der Waals surface area contributed by atoms with E-state index < -0.39 is 0 Å². The Bertz CT molecular complexity index is 2390. The van der Waals surface area contributed by atoms with Gasteiger partial charge in [0.1, 0.15) is 0 Å². The second kappa shape index (κ2) is 10.8. The number of nitrogens with zero attached hydrogens (tertiary/aromatic N) is 5. The molecule has 0 fully saturated rings. The largest absolute Gasteiger partial charge is 0.282 e. The van der Waals surface area contributed by atoms with Crippen LogP contribution in [-0.2, 0) is 0 Å². The van der Waals surface area contributed by atoms with Crippen molar-refractivity contribution in [2.45, 2.75) is 6.92 Å². The Morgan fingerprint density at radius 1 is 0.578 bits per heavy atom. The van der Waals surface area contributed by atoms with Crippen molar-refractivity contribution in [3.63, 3.8) is 0 Å². The van der Waals surface area contributed by atoms with Gasteiger partial charge in [0.15, 0.2) is 5.82 Å². The molecule has 8 aromatic rings. The first-order valence-corrected chi connectivity index (χ1v) is 14.9. The Labute approximate surface area is 260 Å². The Morgan fingerprint density at radius 3 is 1.78 bits per heavy atom. The van der Waals surface area contributed by atoms with E-state index in [1.165, 1.54) is 0 Å². The molecule has 212 valence electrons. The zero-order valence-electron chi connectivity index (χ0n) is 24.6. The fourth-order valence-corrected chi connectivity index (χ4v) is 6.35. The number of benzene rings is 5. The average molecular weight is 578 g/mol. The lowest BCUT2D eigenvalue weighted by Gasteiger charge is -2.13. The van der Waals surface area contributed by atoms with Crippen LogP contribution in [0.4, 0.5) is 0 Å². The van der Waals surface area contributed by atoms with Crippen LogP contribution >= 0.6 is 0 Å². The maximum Gasteiger partial charge on any atom is 0.240 e. The van der Waals surface area contributed by atoms with Crippen LogP contribution in [0.25, 0.3) is 73.2 Å². The van der Waals surface area contributed by atoms with Gasteiger partial charge in [0.2, 0.25) is 11.9 Å². The SMILES string of the molecule is C#C/C=C\c1c(C)n(-c2nc(-c3ccccc3)nc(-n3c4ccccc4c4ccccc43)n2)c2cccc(-c3ccccc3)c12. The van der Waals surface area contributed by atoms with Gasteiger partial charge in [-0.1, -0.05) is 115 Å². The van der Waals surface area contributed by atoms with Crippen LogP contribution in [0, 0.1) is 19.3 Å². The monoisotopic (exact) mass is 577 g/mol. The molecule has 0 amide bonds. The smallest absolute Gasteiger partial charge is 0.240 e. The summed E-state index contributed by atoms with van der Waals surface area (Å²) < 4.78 is 4.27. The van der Waals surface area contributed by atoms with Crippen molar-refractivity contribution in [3.05, 3.63) is 145 Å². The highest BCUT2D eigenvalue weighted by molar-refractivity contribution is 6.09. The summed E-state index contributed by atoms with van der Waals surface area (Å²) >= 11 is 0. The molecule has 0 N–H and O–H groups in total. The Kier molecular flexibility index (Phi) is 6.32. The van der Waals surface area contributed by atoms with E-state index in [9.17, 15) is 0 Å². The molecular formula is C40H27N5. The molecule has 45 heavy (non-hydrogen) atoms. The molecule has 0 aliphatic rings. The van der Waals surface area contributed by atoms with Gasteiger partial charge in [-0.05, 0) is 48.4 Å². The summed E-state index contributed by atoms with van der Waals surface area (Å²) in [5.74, 6) is 4.36. The zero-order valence-corrected chi connectivity index (χ0v) is 24.6. The van der Waals surface area contributed by atoms with Crippen molar-refractivity contribution in [2.75, 3.05) is 0 Å². The fourth-order valence-electron chi connectivity index (χ4n) is 6.35. The van der Waals surface area contributed by atoms with E-state index >= 15 is 0 Å². The minimum Gasteiger partial charge on any atom is -0.282 e. The van der Waals surface area contributed by atoms with Crippen LogP contribution in [0.3, 0.4) is 0 Å². The van der Waals surface area contributed by atoms with E-state index in [-0.39, 0.29) is 0 Å². The number of hydrogen-bond acceptors (Lipinski definition) is 3. The van der Waals surface area contributed by atoms with Crippen LogP contribution in [0.2, 0.25) is 0 Å². The quantitative estimate of drug-likeness (QED) is 0.192. The molecule has 0 spiro atoms. The second-order valence-corrected chi connectivity index (χ2v) is 10.9. The predicted octanol–water partition coefficient (Wildman–Crippen LogP) is 9.20. The van der Waals surface area contributed by atoms with Gasteiger partial charge in [-0.15, -0.1) is 6.42 Å². The van der Waals surface area contributed by atoms with E-state index in [1.54, 1.807) is 6.08 Å². The Hall–Kier alpha value is -6.25. The second-order valence-electron chi connectivity index (χ2n) is 10.9. The summed E-state index contributed by atoms with van der Waals surface area (Å²) in [6.07, 6.45) is 9.47. The van der Waals surface area contributed by atoms with Crippen molar-refractivity contribution in [3.8, 4) is 46.8 Å². The molecule has 5 aromatic carbocycles. The van der Waals surface area contributed by atoms with Gasteiger partial charge < -0.3 is 0 Å². The fraction of sp³-hybridized carbons (Fsp3) is 0.0250. The van der Waals surface area contributed by atoms with Crippen LogP contribution in [0.1, 0.15) is 11.3 Å². The third-order valence-electron chi connectivity index (χ3n) is 8.33. The molecular weight excluding hydrogens is 550 g/mol. The van der Waals surface area contributed by atoms with Crippen molar-refractivity contribution >= 4 is 38.8 Å². The summed E-state index contributed by atoms with van der Waals surface area (Å²) in [4.78, 5) is 15.4. The molecule has 0 unspecified atom stereocenters. The van der Waals surface area contributed by atoms with Crippen molar-refractivity contribution in [2.24, 2.45) is 0 Å². The van der Waals surface area contributed by atoms with E-state index in [1.807, 2.05) is 42.5 Å². The molecule has 0 saturated carbocycles. The first kappa shape index (κ1) is 26.4. The van der Waals surface area contributed by atoms with E-state index in [0.717, 1.165) is 60.7 Å². The Balaban J connectivity index is 1.47. The molecule has 3 aromatic heterocycles. The predicted molar refractivity (Wildman–Crippen MR) is 184 cm³/mol. The molecule has 0 aliphatic heterocycles. The van der Waals surface area contributed by atoms with Gasteiger partial charge in [0.25, 0.3) is 0 Å². The standard InChI is InChI=1S/C40H27N5/c1-3-4-20-30-27(2)44(36-26-15-23-31(37(30)36)28-16-7-5-8-17-28)39-41-38(29-18-9-6-10-19-29)42-40(43-39)45-34-24-13-11-21-32(34)33-22-12-14-25-35(33)45/h1,4-26H,2H3/b20-4-. The lowest BCUT2D eigenvalue weighted by molar-refractivity contribution is 0.865. The minimum absolute atomic E-state index is 0.536. The number of fused-ring (bicyclic) bond motifs is 4. The Morgan fingerprint density at radius 2 is 1.13 bits per heavy atom. The van der Waals surface area contributed by atoms with E-state index in [4.69, 9.17) is 21.4 Å². The topological polar surface area (TPSA) is 48.5 Å². The van der Waals surface area contributed by atoms with Crippen molar-refractivity contribution < 1.29 is 0 Å². The maximum atomic E-state index is 5.71. The molecule has 8 rings (SSSR count). The van der Waals surface area contributed by atoms with Crippen LogP contribution in [-0.4, -0.2) is 24.1 Å². The number of para-hydroxylation sites is 2. The van der Waals surface area contributed by atoms with Gasteiger partial charge in [0, 0.05) is 33.0 Å². The maximum absolute atomic E-state index is 5.71. The molecule has 3 heterocycles. The first-order valence-electron chi connectivity index (χ1n) is 14.9. The lowest BCUT2D eigenvalue weighted by Crippen LogP contribution is -2.11. The van der Waals surface area contributed by atoms with Gasteiger partial charge in [-0.25, -0.2) is 0 Å². The van der Waals surface area contributed by atoms with Crippen LogP contribution in [0.5, 0.6) is 0 Å². The summed E-state index contributed by atoms with van der Waals surface area (Å²) in [6, 6.07) is 43.6. The average Bonchev–Trinajstić information content (AvgIpc) is 3.59. The highest BCUT2D eigenvalue weighted by Crippen LogP contribution is 2.38. The van der Waals surface area contributed by atoms with E-state index in [2.05, 4.69) is 113 Å². The highest BCUT2D eigenvalue weighted by atomic mass is 15.3. The van der Waals surface area contributed by atoms with Gasteiger partial charge in [-0.2, -0.15) is 15.0 Å². The first-order chi connectivity index (χ1) is 22.2.